The number of rotatable bonds is 4. The monoisotopic (exact) mass is 283 g/mol. The van der Waals surface area contributed by atoms with Crippen molar-refractivity contribution in [3.8, 4) is 5.69 Å². The molecule has 1 aliphatic carbocycles. The zero-order chi connectivity index (χ0) is 15.0. The molecule has 1 aliphatic rings. The third-order valence-corrected chi connectivity index (χ3v) is 3.85. The quantitative estimate of drug-likeness (QED) is 0.936. The van der Waals surface area contributed by atoms with Crippen molar-refractivity contribution in [1.29, 1.82) is 0 Å². The summed E-state index contributed by atoms with van der Waals surface area (Å²) in [6.45, 7) is 6.25. The van der Waals surface area contributed by atoms with Crippen LogP contribution in [0.4, 0.5) is 0 Å². The molecule has 21 heavy (non-hydrogen) atoms. The Morgan fingerprint density at radius 2 is 2.05 bits per heavy atom. The molecule has 110 valence electrons. The number of aromatic nitrogens is 2. The molecule has 0 bridgehead atoms. The van der Waals surface area contributed by atoms with Gasteiger partial charge in [-0.05, 0) is 37.3 Å². The van der Waals surface area contributed by atoms with Crippen LogP contribution in [0.25, 0.3) is 5.69 Å². The summed E-state index contributed by atoms with van der Waals surface area (Å²) in [4.78, 5) is 12.4. The first-order chi connectivity index (χ1) is 10.1. The van der Waals surface area contributed by atoms with Crippen LogP contribution < -0.4 is 5.32 Å². The molecule has 1 amide bonds. The van der Waals surface area contributed by atoms with Crippen LogP contribution >= 0.6 is 0 Å². The molecule has 1 N–H and O–H groups in total. The van der Waals surface area contributed by atoms with Gasteiger partial charge in [0.1, 0.15) is 0 Å². The fourth-order valence-electron chi connectivity index (χ4n) is 2.57. The molecule has 0 saturated heterocycles. The smallest absolute Gasteiger partial charge is 0.255 e. The van der Waals surface area contributed by atoms with E-state index < -0.39 is 0 Å². The first kappa shape index (κ1) is 13.9. The summed E-state index contributed by atoms with van der Waals surface area (Å²) in [6, 6.07) is 8.47. The van der Waals surface area contributed by atoms with Gasteiger partial charge in [0, 0.05) is 6.04 Å². The van der Waals surface area contributed by atoms with Crippen molar-refractivity contribution >= 4 is 5.91 Å². The van der Waals surface area contributed by atoms with Crippen molar-refractivity contribution in [2.75, 3.05) is 0 Å². The van der Waals surface area contributed by atoms with E-state index in [1.54, 1.807) is 6.20 Å². The van der Waals surface area contributed by atoms with E-state index in [9.17, 15) is 4.79 Å². The third-order valence-electron chi connectivity index (χ3n) is 3.85. The first-order valence-corrected chi connectivity index (χ1v) is 7.52. The molecular weight excluding hydrogens is 262 g/mol. The van der Waals surface area contributed by atoms with Crippen LogP contribution in [0.2, 0.25) is 0 Å². The molecule has 0 atom stereocenters. The standard InChI is InChI=1S/C17H21N3O/c1-11(2)16-14(17(21)19-13-8-9-13)10-18-20(16)15-7-5-4-6-12(15)3/h4-7,10-11,13H,8-9H2,1-3H3,(H,19,21). The van der Waals surface area contributed by atoms with Gasteiger partial charge in [-0.1, -0.05) is 32.0 Å². The minimum Gasteiger partial charge on any atom is -0.349 e. The average molecular weight is 283 g/mol. The topological polar surface area (TPSA) is 46.9 Å². The Bertz CT molecular complexity index is 668. The van der Waals surface area contributed by atoms with Crippen molar-refractivity contribution in [2.45, 2.75) is 45.6 Å². The maximum Gasteiger partial charge on any atom is 0.255 e. The van der Waals surface area contributed by atoms with Gasteiger partial charge >= 0.3 is 0 Å². The van der Waals surface area contributed by atoms with Gasteiger partial charge in [-0.2, -0.15) is 5.10 Å². The number of benzene rings is 1. The third kappa shape index (κ3) is 2.71. The van der Waals surface area contributed by atoms with Gasteiger partial charge in [-0.15, -0.1) is 0 Å². The Kier molecular flexibility index (Phi) is 3.53. The van der Waals surface area contributed by atoms with E-state index in [2.05, 4.69) is 37.3 Å². The maximum absolute atomic E-state index is 12.4. The van der Waals surface area contributed by atoms with Crippen LogP contribution in [0, 0.1) is 6.92 Å². The second-order valence-corrected chi connectivity index (χ2v) is 6.04. The average Bonchev–Trinajstić information content (AvgIpc) is 3.14. The Hall–Kier alpha value is -2.10. The van der Waals surface area contributed by atoms with E-state index in [0.717, 1.165) is 29.8 Å². The molecule has 1 saturated carbocycles. The number of carbonyl (C=O) groups is 1. The van der Waals surface area contributed by atoms with Gasteiger partial charge in [0.15, 0.2) is 0 Å². The largest absolute Gasteiger partial charge is 0.349 e. The summed E-state index contributed by atoms with van der Waals surface area (Å²) >= 11 is 0. The fourth-order valence-corrected chi connectivity index (χ4v) is 2.57. The maximum atomic E-state index is 12.4. The molecule has 1 fully saturated rings. The summed E-state index contributed by atoms with van der Waals surface area (Å²) in [5.41, 5.74) is 3.85. The Labute approximate surface area is 125 Å². The lowest BCUT2D eigenvalue weighted by Crippen LogP contribution is -2.26. The minimum absolute atomic E-state index is 0.000958. The van der Waals surface area contributed by atoms with Crippen molar-refractivity contribution in [2.24, 2.45) is 0 Å². The van der Waals surface area contributed by atoms with E-state index in [4.69, 9.17) is 0 Å². The molecule has 3 rings (SSSR count). The van der Waals surface area contributed by atoms with Crippen molar-refractivity contribution < 1.29 is 4.79 Å². The van der Waals surface area contributed by atoms with Crippen LogP contribution in [0.1, 0.15) is 54.2 Å². The molecule has 4 heteroatoms. The van der Waals surface area contributed by atoms with Gasteiger partial charge in [0.25, 0.3) is 5.91 Å². The lowest BCUT2D eigenvalue weighted by molar-refractivity contribution is 0.0949. The molecule has 0 radical (unpaired) electrons. The zero-order valence-corrected chi connectivity index (χ0v) is 12.8. The van der Waals surface area contributed by atoms with E-state index >= 15 is 0 Å². The Morgan fingerprint density at radius 1 is 1.33 bits per heavy atom. The molecule has 4 nitrogen and oxygen atoms in total. The molecule has 0 aliphatic heterocycles. The molecule has 1 aromatic heterocycles. The predicted molar refractivity (Wildman–Crippen MR) is 82.9 cm³/mol. The minimum atomic E-state index is 0.000958. The van der Waals surface area contributed by atoms with Crippen LogP contribution in [0.15, 0.2) is 30.5 Å². The highest BCUT2D eigenvalue weighted by Gasteiger charge is 2.27. The van der Waals surface area contributed by atoms with Gasteiger partial charge in [-0.3, -0.25) is 4.79 Å². The summed E-state index contributed by atoms with van der Waals surface area (Å²) < 4.78 is 1.90. The molecule has 0 spiro atoms. The first-order valence-electron chi connectivity index (χ1n) is 7.52. The number of nitrogens with one attached hydrogen (secondary N) is 1. The highest BCUT2D eigenvalue weighted by atomic mass is 16.1. The van der Waals surface area contributed by atoms with Crippen molar-refractivity contribution in [1.82, 2.24) is 15.1 Å². The van der Waals surface area contributed by atoms with E-state index in [0.29, 0.717) is 11.6 Å². The summed E-state index contributed by atoms with van der Waals surface area (Å²) in [5, 5.41) is 7.53. The van der Waals surface area contributed by atoms with Gasteiger partial charge in [-0.25, -0.2) is 4.68 Å². The number of hydrogen-bond donors (Lipinski definition) is 1. The lowest BCUT2D eigenvalue weighted by Gasteiger charge is -2.14. The molecule has 2 aromatic rings. The summed E-state index contributed by atoms with van der Waals surface area (Å²) in [6.07, 6.45) is 3.88. The normalized spacial score (nSPS) is 14.5. The summed E-state index contributed by atoms with van der Waals surface area (Å²) in [5.74, 6) is 0.230. The molecule has 1 aromatic carbocycles. The van der Waals surface area contributed by atoms with Crippen LogP contribution in [0.3, 0.4) is 0 Å². The van der Waals surface area contributed by atoms with E-state index in [1.165, 1.54) is 0 Å². The highest BCUT2D eigenvalue weighted by molar-refractivity contribution is 5.95. The Morgan fingerprint density at radius 3 is 2.67 bits per heavy atom. The number of aryl methyl sites for hydroxylation is 1. The molecular formula is C17H21N3O. The Balaban J connectivity index is 2.03. The zero-order valence-electron chi connectivity index (χ0n) is 12.8. The number of hydrogen-bond acceptors (Lipinski definition) is 2. The van der Waals surface area contributed by atoms with Crippen LogP contribution in [0.5, 0.6) is 0 Å². The SMILES string of the molecule is Cc1ccccc1-n1ncc(C(=O)NC2CC2)c1C(C)C. The van der Waals surface area contributed by atoms with E-state index in [-0.39, 0.29) is 11.8 Å². The second kappa shape index (κ2) is 5.35. The number of para-hydroxylation sites is 1. The van der Waals surface area contributed by atoms with Crippen molar-refractivity contribution in [3.63, 3.8) is 0 Å². The van der Waals surface area contributed by atoms with Crippen LogP contribution in [-0.4, -0.2) is 21.7 Å². The van der Waals surface area contributed by atoms with Gasteiger partial charge in [0.05, 0.1) is 23.1 Å². The number of carbonyl (C=O) groups excluding carboxylic acids is 1. The lowest BCUT2D eigenvalue weighted by atomic mass is 10.0. The molecule has 1 heterocycles. The fraction of sp³-hybridized carbons (Fsp3) is 0.412. The number of amides is 1. The highest BCUT2D eigenvalue weighted by Crippen LogP contribution is 2.26. The van der Waals surface area contributed by atoms with Crippen LogP contribution in [-0.2, 0) is 0 Å². The number of nitrogens with zero attached hydrogens (tertiary/aromatic N) is 2. The van der Waals surface area contributed by atoms with Crippen molar-refractivity contribution in [3.05, 3.63) is 47.3 Å². The van der Waals surface area contributed by atoms with Gasteiger partial charge in [0.2, 0.25) is 0 Å². The predicted octanol–water partition coefficient (Wildman–Crippen LogP) is 3.20. The van der Waals surface area contributed by atoms with Gasteiger partial charge < -0.3 is 5.32 Å². The second-order valence-electron chi connectivity index (χ2n) is 6.04. The van der Waals surface area contributed by atoms with E-state index in [1.807, 2.05) is 22.9 Å². The summed E-state index contributed by atoms with van der Waals surface area (Å²) in [7, 11) is 0. The molecule has 0 unspecified atom stereocenters.